The standard InChI is InChI=1S/C7H11NO/c1-6-3-4-7(2,8)9-5-6/h3-5H,8H2,1-2H3. The molecule has 1 heterocycles. The molecule has 0 fully saturated rings. The van der Waals surface area contributed by atoms with E-state index in [9.17, 15) is 0 Å². The third-order valence-corrected chi connectivity index (χ3v) is 1.18. The van der Waals surface area contributed by atoms with E-state index in [0.29, 0.717) is 0 Å². The molecule has 0 aliphatic carbocycles. The van der Waals surface area contributed by atoms with Crippen LogP contribution < -0.4 is 5.73 Å². The summed E-state index contributed by atoms with van der Waals surface area (Å²) in [6.07, 6.45) is 5.45. The second kappa shape index (κ2) is 1.88. The van der Waals surface area contributed by atoms with Gasteiger partial charge in [-0.1, -0.05) is 6.08 Å². The van der Waals surface area contributed by atoms with Crippen LogP contribution in [0.25, 0.3) is 0 Å². The molecule has 9 heavy (non-hydrogen) atoms. The molecule has 1 unspecified atom stereocenters. The van der Waals surface area contributed by atoms with Gasteiger partial charge >= 0.3 is 0 Å². The maximum absolute atomic E-state index is 5.59. The molecule has 1 rings (SSSR count). The van der Waals surface area contributed by atoms with Crippen LogP contribution in [0.15, 0.2) is 24.0 Å². The fraction of sp³-hybridized carbons (Fsp3) is 0.429. The van der Waals surface area contributed by atoms with Crippen LogP contribution in [0.1, 0.15) is 13.8 Å². The Hall–Kier alpha value is -0.760. The van der Waals surface area contributed by atoms with Gasteiger partial charge in [-0.25, -0.2) is 0 Å². The number of hydrogen-bond donors (Lipinski definition) is 1. The number of nitrogens with two attached hydrogens (primary N) is 1. The molecule has 0 bridgehead atoms. The lowest BCUT2D eigenvalue weighted by molar-refractivity contribution is 0.0878. The first-order valence-electron chi connectivity index (χ1n) is 2.93. The summed E-state index contributed by atoms with van der Waals surface area (Å²) in [7, 11) is 0. The molecule has 0 amide bonds. The van der Waals surface area contributed by atoms with E-state index >= 15 is 0 Å². The number of ether oxygens (including phenoxy) is 1. The molecule has 2 N–H and O–H groups in total. The highest BCUT2D eigenvalue weighted by Crippen LogP contribution is 2.13. The van der Waals surface area contributed by atoms with E-state index in [1.165, 1.54) is 0 Å². The van der Waals surface area contributed by atoms with Crippen LogP contribution in [0.5, 0.6) is 0 Å². The fourth-order valence-corrected chi connectivity index (χ4v) is 0.595. The first-order valence-corrected chi connectivity index (χ1v) is 2.93. The normalized spacial score (nSPS) is 33.4. The number of hydrogen-bond acceptors (Lipinski definition) is 2. The summed E-state index contributed by atoms with van der Waals surface area (Å²) in [6.45, 7) is 3.78. The molecule has 2 heteroatoms. The molecule has 0 radical (unpaired) electrons. The number of rotatable bonds is 0. The zero-order valence-electron chi connectivity index (χ0n) is 5.72. The average Bonchev–Trinajstić information content (AvgIpc) is 1.78. The molecule has 0 saturated heterocycles. The zero-order chi connectivity index (χ0) is 6.91. The van der Waals surface area contributed by atoms with Gasteiger partial charge in [0.05, 0.1) is 6.26 Å². The molecule has 0 spiro atoms. The molecule has 0 aromatic carbocycles. The van der Waals surface area contributed by atoms with Crippen LogP contribution in [0.4, 0.5) is 0 Å². The molecular formula is C7H11NO. The minimum Gasteiger partial charge on any atom is -0.477 e. The quantitative estimate of drug-likeness (QED) is 0.527. The van der Waals surface area contributed by atoms with E-state index in [1.54, 1.807) is 6.26 Å². The predicted molar refractivity (Wildman–Crippen MR) is 36.6 cm³/mol. The van der Waals surface area contributed by atoms with Gasteiger partial charge in [-0.3, -0.25) is 5.73 Å². The van der Waals surface area contributed by atoms with Gasteiger partial charge in [0.2, 0.25) is 0 Å². The van der Waals surface area contributed by atoms with Crippen LogP contribution >= 0.6 is 0 Å². The summed E-state index contributed by atoms with van der Waals surface area (Å²) in [6, 6.07) is 0. The van der Waals surface area contributed by atoms with Crippen molar-refractivity contribution < 1.29 is 4.74 Å². The summed E-state index contributed by atoms with van der Waals surface area (Å²) in [5, 5.41) is 0. The van der Waals surface area contributed by atoms with Gasteiger partial charge in [-0.05, 0) is 25.5 Å². The van der Waals surface area contributed by atoms with Gasteiger partial charge in [0.25, 0.3) is 0 Å². The fourth-order valence-electron chi connectivity index (χ4n) is 0.595. The van der Waals surface area contributed by atoms with E-state index in [4.69, 9.17) is 10.5 Å². The van der Waals surface area contributed by atoms with Crippen molar-refractivity contribution in [2.45, 2.75) is 19.6 Å². The van der Waals surface area contributed by atoms with Crippen molar-refractivity contribution in [2.24, 2.45) is 5.73 Å². The lowest BCUT2D eigenvalue weighted by Gasteiger charge is -2.22. The summed E-state index contributed by atoms with van der Waals surface area (Å²) in [4.78, 5) is 0. The van der Waals surface area contributed by atoms with Gasteiger partial charge < -0.3 is 4.74 Å². The van der Waals surface area contributed by atoms with Gasteiger partial charge in [-0.2, -0.15) is 0 Å². The van der Waals surface area contributed by atoms with Crippen molar-refractivity contribution in [3.05, 3.63) is 24.0 Å². The van der Waals surface area contributed by atoms with Crippen molar-refractivity contribution in [3.8, 4) is 0 Å². The highest BCUT2D eigenvalue weighted by atomic mass is 16.5. The van der Waals surface area contributed by atoms with Gasteiger partial charge in [0.15, 0.2) is 5.72 Å². The molecule has 50 valence electrons. The van der Waals surface area contributed by atoms with Gasteiger partial charge in [0.1, 0.15) is 0 Å². The van der Waals surface area contributed by atoms with Crippen molar-refractivity contribution in [2.75, 3.05) is 0 Å². The third-order valence-electron chi connectivity index (χ3n) is 1.18. The van der Waals surface area contributed by atoms with E-state index in [-0.39, 0.29) is 0 Å². The Morgan fingerprint density at radius 1 is 1.67 bits per heavy atom. The minimum absolute atomic E-state index is 0.598. The van der Waals surface area contributed by atoms with Crippen LogP contribution in [0.3, 0.4) is 0 Å². The van der Waals surface area contributed by atoms with Crippen LogP contribution in [0, 0.1) is 0 Å². The lowest BCUT2D eigenvalue weighted by atomic mass is 10.2. The first kappa shape index (κ1) is 6.36. The van der Waals surface area contributed by atoms with Gasteiger partial charge in [0, 0.05) is 0 Å². The monoisotopic (exact) mass is 125 g/mol. The van der Waals surface area contributed by atoms with Crippen LogP contribution in [0.2, 0.25) is 0 Å². The second-order valence-electron chi connectivity index (χ2n) is 2.50. The zero-order valence-corrected chi connectivity index (χ0v) is 5.72. The first-order chi connectivity index (χ1) is 4.10. The summed E-state index contributed by atoms with van der Waals surface area (Å²) < 4.78 is 5.11. The predicted octanol–water partition coefficient (Wildman–Crippen LogP) is 1.15. The Labute approximate surface area is 55.0 Å². The van der Waals surface area contributed by atoms with E-state index in [2.05, 4.69) is 0 Å². The second-order valence-corrected chi connectivity index (χ2v) is 2.50. The molecule has 1 aliphatic heterocycles. The Kier molecular flexibility index (Phi) is 1.33. The van der Waals surface area contributed by atoms with Crippen molar-refractivity contribution >= 4 is 0 Å². The molecule has 1 atom stereocenters. The van der Waals surface area contributed by atoms with Crippen molar-refractivity contribution in [1.29, 1.82) is 0 Å². The van der Waals surface area contributed by atoms with Gasteiger partial charge in [-0.15, -0.1) is 0 Å². The van der Waals surface area contributed by atoms with E-state index in [0.717, 1.165) is 5.57 Å². The Bertz CT molecular complexity index is 168. The largest absolute Gasteiger partial charge is 0.477 e. The maximum atomic E-state index is 5.59. The SMILES string of the molecule is CC1=COC(C)(N)C=C1. The van der Waals surface area contributed by atoms with E-state index in [1.807, 2.05) is 26.0 Å². The van der Waals surface area contributed by atoms with Crippen LogP contribution in [-0.4, -0.2) is 5.72 Å². The third kappa shape index (κ3) is 1.57. The van der Waals surface area contributed by atoms with E-state index < -0.39 is 5.72 Å². The maximum Gasteiger partial charge on any atom is 0.174 e. The summed E-state index contributed by atoms with van der Waals surface area (Å²) >= 11 is 0. The molecule has 0 saturated carbocycles. The smallest absolute Gasteiger partial charge is 0.174 e. The Morgan fingerprint density at radius 2 is 2.33 bits per heavy atom. The highest BCUT2D eigenvalue weighted by molar-refractivity contribution is 5.20. The van der Waals surface area contributed by atoms with Crippen molar-refractivity contribution in [3.63, 3.8) is 0 Å². The van der Waals surface area contributed by atoms with Crippen molar-refractivity contribution in [1.82, 2.24) is 0 Å². The molecular weight excluding hydrogens is 114 g/mol. The Balaban J connectivity index is 2.70. The minimum atomic E-state index is -0.598. The number of allylic oxidation sites excluding steroid dienone is 2. The molecule has 1 aliphatic rings. The average molecular weight is 125 g/mol. The topological polar surface area (TPSA) is 35.2 Å². The Morgan fingerprint density at radius 3 is 2.67 bits per heavy atom. The molecule has 0 aromatic heterocycles. The summed E-state index contributed by atoms with van der Waals surface area (Å²) in [5.41, 5.74) is 6.08. The molecule has 0 aromatic rings. The van der Waals surface area contributed by atoms with Crippen LogP contribution in [-0.2, 0) is 4.74 Å². The molecule has 2 nitrogen and oxygen atoms in total. The summed E-state index contributed by atoms with van der Waals surface area (Å²) in [5.74, 6) is 0. The lowest BCUT2D eigenvalue weighted by Crippen LogP contribution is -2.36. The highest BCUT2D eigenvalue weighted by Gasteiger charge is 2.15.